The third kappa shape index (κ3) is 4.47. The van der Waals surface area contributed by atoms with Gasteiger partial charge in [0.2, 0.25) is 5.91 Å². The molecule has 0 aromatic carbocycles. The Morgan fingerprint density at radius 2 is 1.80 bits per heavy atom. The van der Waals surface area contributed by atoms with E-state index in [2.05, 4.69) is 37.9 Å². The molecule has 20 heavy (non-hydrogen) atoms. The fourth-order valence-electron chi connectivity index (χ4n) is 3.57. The molecule has 3 heteroatoms. The first-order valence-electron chi connectivity index (χ1n) is 8.50. The Morgan fingerprint density at radius 1 is 1.20 bits per heavy atom. The van der Waals surface area contributed by atoms with Crippen molar-refractivity contribution in [3.05, 3.63) is 0 Å². The minimum atomic E-state index is 0.274. The van der Waals surface area contributed by atoms with Crippen LogP contribution in [-0.4, -0.2) is 37.0 Å². The summed E-state index contributed by atoms with van der Waals surface area (Å²) in [5, 5.41) is 3.22. The fourth-order valence-corrected chi connectivity index (χ4v) is 3.57. The summed E-state index contributed by atoms with van der Waals surface area (Å²) in [4.78, 5) is 14.9. The number of rotatable bonds is 7. The molecule has 0 aromatic heterocycles. The van der Waals surface area contributed by atoms with Crippen LogP contribution in [0.2, 0.25) is 0 Å². The number of nitrogens with one attached hydrogen (secondary N) is 1. The predicted octanol–water partition coefficient (Wildman–Crippen LogP) is 3.30. The Bertz CT molecular complexity index is 283. The van der Waals surface area contributed by atoms with Crippen LogP contribution in [0.3, 0.4) is 0 Å². The molecule has 1 fully saturated rings. The Hall–Kier alpha value is -0.570. The van der Waals surface area contributed by atoms with Crippen LogP contribution in [0.1, 0.15) is 59.8 Å². The lowest BCUT2D eigenvalue weighted by atomic mass is 9.76. The van der Waals surface area contributed by atoms with Crippen molar-refractivity contribution >= 4 is 5.91 Å². The van der Waals surface area contributed by atoms with Crippen LogP contribution in [0.4, 0.5) is 0 Å². The van der Waals surface area contributed by atoms with E-state index in [4.69, 9.17) is 0 Å². The standard InChI is InChI=1S/C17H34N2O/c1-6-16(12-18-5)19(7-2)17(20)15-10-8-14(9-11-15)13(3)4/h13-16,18H,6-12H2,1-5H3/t14-,15+,16-/m1/s1. The average molecular weight is 282 g/mol. The summed E-state index contributed by atoms with van der Waals surface area (Å²) in [5.74, 6) is 2.27. The summed E-state index contributed by atoms with van der Waals surface area (Å²) in [5.41, 5.74) is 0. The second kappa shape index (κ2) is 8.66. The summed E-state index contributed by atoms with van der Waals surface area (Å²) in [6.07, 6.45) is 5.67. The molecule has 3 nitrogen and oxygen atoms in total. The highest BCUT2D eigenvalue weighted by molar-refractivity contribution is 5.79. The SMILES string of the molecule is CC[C@H](CNC)N(CC)C(=O)[C@H]1CC[C@@H](C(C)C)CC1. The van der Waals surface area contributed by atoms with Gasteiger partial charge in [-0.05, 0) is 57.9 Å². The Morgan fingerprint density at radius 3 is 2.20 bits per heavy atom. The van der Waals surface area contributed by atoms with Crippen molar-refractivity contribution in [1.82, 2.24) is 10.2 Å². The molecular weight excluding hydrogens is 248 g/mol. The van der Waals surface area contributed by atoms with Crippen molar-refractivity contribution in [3.8, 4) is 0 Å². The van der Waals surface area contributed by atoms with E-state index >= 15 is 0 Å². The van der Waals surface area contributed by atoms with Crippen molar-refractivity contribution in [2.24, 2.45) is 17.8 Å². The lowest BCUT2D eigenvalue weighted by Gasteiger charge is -2.36. The largest absolute Gasteiger partial charge is 0.338 e. The van der Waals surface area contributed by atoms with Gasteiger partial charge in [-0.15, -0.1) is 0 Å². The summed E-state index contributed by atoms with van der Waals surface area (Å²) < 4.78 is 0. The van der Waals surface area contributed by atoms with E-state index in [9.17, 15) is 4.79 Å². The van der Waals surface area contributed by atoms with Crippen LogP contribution in [-0.2, 0) is 4.79 Å². The first kappa shape index (κ1) is 17.5. The number of hydrogen-bond donors (Lipinski definition) is 1. The number of carbonyl (C=O) groups excluding carboxylic acids is 1. The van der Waals surface area contributed by atoms with Crippen molar-refractivity contribution < 1.29 is 4.79 Å². The minimum absolute atomic E-state index is 0.274. The maximum absolute atomic E-state index is 12.8. The van der Waals surface area contributed by atoms with Gasteiger partial charge in [0.05, 0.1) is 0 Å². The zero-order valence-corrected chi connectivity index (χ0v) is 14.1. The molecule has 1 N–H and O–H groups in total. The molecule has 1 aliphatic rings. The molecule has 1 rings (SSSR count). The highest BCUT2D eigenvalue weighted by Crippen LogP contribution is 2.34. The van der Waals surface area contributed by atoms with E-state index in [1.165, 1.54) is 12.8 Å². The number of amides is 1. The predicted molar refractivity (Wildman–Crippen MR) is 85.7 cm³/mol. The van der Waals surface area contributed by atoms with Crippen LogP contribution in [0.25, 0.3) is 0 Å². The van der Waals surface area contributed by atoms with Crippen LogP contribution in [0, 0.1) is 17.8 Å². The summed E-state index contributed by atoms with van der Waals surface area (Å²) >= 11 is 0. The normalized spacial score (nSPS) is 24.7. The molecule has 0 bridgehead atoms. The van der Waals surface area contributed by atoms with Gasteiger partial charge in [0, 0.05) is 25.0 Å². The van der Waals surface area contributed by atoms with E-state index in [0.717, 1.165) is 44.2 Å². The molecule has 1 amide bonds. The first-order valence-corrected chi connectivity index (χ1v) is 8.50. The molecule has 1 aliphatic carbocycles. The molecule has 118 valence electrons. The van der Waals surface area contributed by atoms with Crippen molar-refractivity contribution in [2.75, 3.05) is 20.1 Å². The molecule has 0 saturated heterocycles. The van der Waals surface area contributed by atoms with Gasteiger partial charge in [-0.1, -0.05) is 20.8 Å². The second-order valence-corrected chi connectivity index (χ2v) is 6.60. The molecule has 0 unspecified atom stereocenters. The van der Waals surface area contributed by atoms with Crippen LogP contribution in [0.15, 0.2) is 0 Å². The van der Waals surface area contributed by atoms with Crippen molar-refractivity contribution in [2.45, 2.75) is 65.8 Å². The topological polar surface area (TPSA) is 32.3 Å². The summed E-state index contributed by atoms with van der Waals surface area (Å²) in [6.45, 7) is 10.6. The maximum Gasteiger partial charge on any atom is 0.225 e. The molecule has 0 aliphatic heterocycles. The molecule has 0 spiro atoms. The molecular formula is C17H34N2O. The maximum atomic E-state index is 12.8. The van der Waals surface area contributed by atoms with E-state index < -0.39 is 0 Å². The molecule has 1 saturated carbocycles. The smallest absolute Gasteiger partial charge is 0.225 e. The van der Waals surface area contributed by atoms with Crippen LogP contribution < -0.4 is 5.32 Å². The number of likely N-dealkylation sites (N-methyl/N-ethyl adjacent to an activating group) is 2. The third-order valence-corrected chi connectivity index (χ3v) is 5.04. The zero-order valence-electron chi connectivity index (χ0n) is 14.1. The third-order valence-electron chi connectivity index (χ3n) is 5.04. The zero-order chi connectivity index (χ0) is 15.1. The lowest BCUT2D eigenvalue weighted by Crippen LogP contribution is -2.47. The molecule has 1 atom stereocenters. The van der Waals surface area contributed by atoms with E-state index in [1.807, 2.05) is 7.05 Å². The van der Waals surface area contributed by atoms with Crippen LogP contribution in [0.5, 0.6) is 0 Å². The van der Waals surface area contributed by atoms with E-state index in [-0.39, 0.29) is 5.92 Å². The Labute approximate surface area is 125 Å². The van der Waals surface area contributed by atoms with Gasteiger partial charge in [0.25, 0.3) is 0 Å². The number of carbonyl (C=O) groups is 1. The molecule has 0 heterocycles. The van der Waals surface area contributed by atoms with Crippen molar-refractivity contribution in [3.63, 3.8) is 0 Å². The minimum Gasteiger partial charge on any atom is -0.338 e. The molecule has 0 radical (unpaired) electrons. The van der Waals surface area contributed by atoms with Gasteiger partial charge in [0.15, 0.2) is 0 Å². The highest BCUT2D eigenvalue weighted by atomic mass is 16.2. The van der Waals surface area contributed by atoms with Gasteiger partial charge in [0.1, 0.15) is 0 Å². The molecule has 0 aromatic rings. The average Bonchev–Trinajstić information content (AvgIpc) is 2.46. The van der Waals surface area contributed by atoms with Crippen molar-refractivity contribution in [1.29, 1.82) is 0 Å². The fraction of sp³-hybridized carbons (Fsp3) is 0.941. The van der Waals surface area contributed by atoms with E-state index in [1.54, 1.807) is 0 Å². The van der Waals surface area contributed by atoms with Gasteiger partial charge >= 0.3 is 0 Å². The Kier molecular flexibility index (Phi) is 7.57. The second-order valence-electron chi connectivity index (χ2n) is 6.60. The monoisotopic (exact) mass is 282 g/mol. The van der Waals surface area contributed by atoms with Gasteiger partial charge in [-0.25, -0.2) is 0 Å². The first-order chi connectivity index (χ1) is 9.54. The Balaban J connectivity index is 2.59. The summed E-state index contributed by atoms with van der Waals surface area (Å²) in [7, 11) is 1.97. The van der Waals surface area contributed by atoms with Gasteiger partial charge in [-0.2, -0.15) is 0 Å². The number of hydrogen-bond acceptors (Lipinski definition) is 2. The quantitative estimate of drug-likeness (QED) is 0.777. The van der Waals surface area contributed by atoms with Gasteiger partial charge in [-0.3, -0.25) is 4.79 Å². The van der Waals surface area contributed by atoms with E-state index in [0.29, 0.717) is 11.9 Å². The van der Waals surface area contributed by atoms with Gasteiger partial charge < -0.3 is 10.2 Å². The lowest BCUT2D eigenvalue weighted by molar-refractivity contribution is -0.139. The highest BCUT2D eigenvalue weighted by Gasteiger charge is 2.31. The van der Waals surface area contributed by atoms with Crippen LogP contribution >= 0.6 is 0 Å². The summed E-state index contributed by atoms with van der Waals surface area (Å²) in [6, 6.07) is 0.348. The number of nitrogens with zero attached hydrogens (tertiary/aromatic N) is 1.